The number of nitrogens with one attached hydrogen (secondary N) is 1. The van der Waals surface area contributed by atoms with E-state index in [9.17, 15) is 19.5 Å². The van der Waals surface area contributed by atoms with Gasteiger partial charge in [0.15, 0.2) is 5.82 Å². The molecule has 0 saturated carbocycles. The van der Waals surface area contributed by atoms with E-state index in [2.05, 4.69) is 26.2 Å². The van der Waals surface area contributed by atoms with Gasteiger partial charge in [0, 0.05) is 6.20 Å². The van der Waals surface area contributed by atoms with Crippen LogP contribution < -0.4 is 11.0 Å². The second-order valence-corrected chi connectivity index (χ2v) is 9.56. The van der Waals surface area contributed by atoms with Crippen molar-refractivity contribution in [2.24, 2.45) is 0 Å². The van der Waals surface area contributed by atoms with Crippen LogP contribution in [0, 0.1) is 0 Å². The minimum atomic E-state index is -3.96. The van der Waals surface area contributed by atoms with Crippen LogP contribution in [-0.2, 0) is 25.6 Å². The highest BCUT2D eigenvalue weighted by molar-refractivity contribution is 9.10. The zero-order chi connectivity index (χ0) is 26.7. The monoisotopic (exact) mass is 575 g/mol. The van der Waals surface area contributed by atoms with Crippen molar-refractivity contribution < 1.29 is 42.4 Å². The molecule has 1 unspecified atom stereocenters. The molecular formula is C22H24BrF2N3O8. The molecule has 1 saturated heterocycles. The van der Waals surface area contributed by atoms with E-state index in [-0.39, 0.29) is 16.9 Å². The molecule has 1 aromatic carbocycles. The summed E-state index contributed by atoms with van der Waals surface area (Å²) in [5.74, 6) is -4.24. The van der Waals surface area contributed by atoms with Gasteiger partial charge in [0.05, 0.1) is 11.1 Å². The predicted molar refractivity (Wildman–Crippen MR) is 123 cm³/mol. The number of aliphatic hydroxyl groups excluding tert-OH is 1. The molecule has 0 aliphatic carbocycles. The number of hydrogen-bond donors (Lipinski definition) is 2. The van der Waals surface area contributed by atoms with E-state index in [4.69, 9.17) is 18.9 Å². The van der Waals surface area contributed by atoms with E-state index in [1.807, 2.05) is 0 Å². The Morgan fingerprint density at radius 1 is 1.28 bits per heavy atom. The molecule has 14 heteroatoms. The molecule has 36 heavy (non-hydrogen) atoms. The van der Waals surface area contributed by atoms with Crippen LogP contribution in [0.15, 0.2) is 45.8 Å². The summed E-state index contributed by atoms with van der Waals surface area (Å²) in [7, 11) is 0. The minimum absolute atomic E-state index is 0.0461. The smallest absolute Gasteiger partial charge is 0.444 e. The number of anilines is 1. The summed E-state index contributed by atoms with van der Waals surface area (Å²) in [4.78, 5) is 40.2. The van der Waals surface area contributed by atoms with Gasteiger partial charge in [-0.3, -0.25) is 9.88 Å². The quantitative estimate of drug-likeness (QED) is 0.494. The first-order valence-corrected chi connectivity index (χ1v) is 11.4. The number of halogens is 3. The molecule has 1 aliphatic heterocycles. The number of aromatic nitrogens is 2. The van der Waals surface area contributed by atoms with Crippen LogP contribution in [0.3, 0.4) is 0 Å². The number of nitrogens with zero attached hydrogens (tertiary/aromatic N) is 2. The first-order valence-electron chi connectivity index (χ1n) is 10.6. The summed E-state index contributed by atoms with van der Waals surface area (Å²) in [6, 6.07) is 8.80. The number of carbonyl (C=O) groups is 2. The average Bonchev–Trinajstić information content (AvgIpc) is 3.03. The number of aliphatic hydroxyl groups is 1. The lowest BCUT2D eigenvalue weighted by molar-refractivity contribution is -0.149. The number of amides is 1. The lowest BCUT2D eigenvalue weighted by Crippen LogP contribution is -2.45. The summed E-state index contributed by atoms with van der Waals surface area (Å²) in [6.07, 6.45) is -7.59. The largest absolute Gasteiger partial charge is 0.509 e. The molecule has 196 valence electrons. The van der Waals surface area contributed by atoms with Gasteiger partial charge in [0.2, 0.25) is 12.3 Å². The van der Waals surface area contributed by atoms with Crippen LogP contribution in [0.1, 0.15) is 32.6 Å². The van der Waals surface area contributed by atoms with Crippen molar-refractivity contribution >= 4 is 34.0 Å². The van der Waals surface area contributed by atoms with E-state index < -0.39 is 54.5 Å². The Bertz CT molecular complexity index is 1160. The first kappa shape index (κ1) is 27.5. The lowest BCUT2D eigenvalue weighted by Gasteiger charge is -2.26. The van der Waals surface area contributed by atoms with Gasteiger partial charge >= 0.3 is 23.9 Å². The summed E-state index contributed by atoms with van der Waals surface area (Å²) in [5.41, 5.74) is -1.51. The van der Waals surface area contributed by atoms with Crippen LogP contribution >= 0.6 is 15.9 Å². The van der Waals surface area contributed by atoms with Gasteiger partial charge in [-0.25, -0.2) is 14.4 Å². The molecule has 0 spiro atoms. The number of hydrogen-bond acceptors (Lipinski definition) is 9. The fourth-order valence-electron chi connectivity index (χ4n) is 3.19. The standard InChI is InChI=1S/C22H24BrF2N3O8/c1-21(2,3)36-20(32)35-15-14(10-29)34-17(22(15,24)25)28-9-13(23)16(26-18(28)30)27-19(31)33-11-12-7-5-4-6-8-12/h4-9,14-15,17,29H,10-11H2,1-3H3,(H,26,27,30,31)/t14-,15?,17-/m1/s1. The lowest BCUT2D eigenvalue weighted by atomic mass is 10.1. The number of benzene rings is 1. The molecule has 2 aromatic rings. The van der Waals surface area contributed by atoms with Crippen molar-refractivity contribution in [3.8, 4) is 0 Å². The van der Waals surface area contributed by atoms with Crippen molar-refractivity contribution in [2.45, 2.75) is 57.3 Å². The SMILES string of the molecule is CC(C)(C)OC(=O)OC1[C@@H](CO)O[C@@H](n2cc(Br)c(NC(=O)OCc3ccccc3)nc2=O)C1(F)F. The molecule has 0 bridgehead atoms. The van der Waals surface area contributed by atoms with Crippen LogP contribution in [-0.4, -0.2) is 57.2 Å². The zero-order valence-corrected chi connectivity index (χ0v) is 21.0. The molecule has 1 fully saturated rings. The predicted octanol–water partition coefficient (Wildman–Crippen LogP) is 3.60. The number of carbonyl (C=O) groups excluding carboxylic acids is 2. The summed E-state index contributed by atoms with van der Waals surface area (Å²) in [6.45, 7) is 3.56. The first-order chi connectivity index (χ1) is 16.8. The Hall–Kier alpha value is -3.10. The van der Waals surface area contributed by atoms with Crippen molar-refractivity contribution in [3.05, 3.63) is 57.0 Å². The van der Waals surface area contributed by atoms with E-state index in [1.54, 1.807) is 30.3 Å². The van der Waals surface area contributed by atoms with Gasteiger partial charge in [-0.2, -0.15) is 13.8 Å². The zero-order valence-electron chi connectivity index (χ0n) is 19.4. The van der Waals surface area contributed by atoms with E-state index in [0.29, 0.717) is 4.57 Å². The maximum absolute atomic E-state index is 15.2. The Morgan fingerprint density at radius 3 is 2.56 bits per heavy atom. The fraction of sp³-hybridized carbons (Fsp3) is 0.455. The highest BCUT2D eigenvalue weighted by atomic mass is 79.9. The normalized spacial score (nSPS) is 21.0. The van der Waals surface area contributed by atoms with Crippen LogP contribution in [0.2, 0.25) is 0 Å². The van der Waals surface area contributed by atoms with E-state index in [0.717, 1.165) is 11.8 Å². The van der Waals surface area contributed by atoms with Gasteiger partial charge < -0.3 is 24.1 Å². The van der Waals surface area contributed by atoms with Crippen molar-refractivity contribution in [1.82, 2.24) is 9.55 Å². The topological polar surface area (TPSA) is 138 Å². The van der Waals surface area contributed by atoms with E-state index >= 15 is 8.78 Å². The van der Waals surface area contributed by atoms with Crippen molar-refractivity contribution in [3.63, 3.8) is 0 Å². The van der Waals surface area contributed by atoms with Gasteiger partial charge in [-0.15, -0.1) is 0 Å². The molecule has 1 amide bonds. The third-order valence-corrected chi connectivity index (χ3v) is 5.32. The molecule has 1 aromatic heterocycles. The molecular weight excluding hydrogens is 552 g/mol. The second-order valence-electron chi connectivity index (χ2n) is 8.70. The van der Waals surface area contributed by atoms with Gasteiger partial charge in [-0.05, 0) is 42.3 Å². The Morgan fingerprint density at radius 2 is 1.94 bits per heavy atom. The molecule has 1 aliphatic rings. The third kappa shape index (κ3) is 6.56. The van der Waals surface area contributed by atoms with Gasteiger partial charge in [0.1, 0.15) is 18.3 Å². The maximum atomic E-state index is 15.2. The molecule has 0 radical (unpaired) electrons. The average molecular weight is 576 g/mol. The minimum Gasteiger partial charge on any atom is -0.444 e. The Balaban J connectivity index is 1.76. The van der Waals surface area contributed by atoms with Crippen molar-refractivity contribution in [2.75, 3.05) is 11.9 Å². The van der Waals surface area contributed by atoms with Crippen LogP contribution in [0.25, 0.3) is 0 Å². The van der Waals surface area contributed by atoms with Crippen LogP contribution in [0.4, 0.5) is 24.2 Å². The number of rotatable bonds is 6. The fourth-order valence-corrected chi connectivity index (χ4v) is 3.60. The number of alkyl halides is 2. The molecule has 2 N–H and O–H groups in total. The second kappa shape index (κ2) is 10.9. The number of ether oxygens (including phenoxy) is 4. The third-order valence-electron chi connectivity index (χ3n) is 4.74. The molecule has 2 heterocycles. The Labute approximate surface area is 212 Å². The molecule has 11 nitrogen and oxygen atoms in total. The van der Waals surface area contributed by atoms with Gasteiger partial charge in [-0.1, -0.05) is 30.3 Å². The van der Waals surface area contributed by atoms with E-state index in [1.165, 1.54) is 20.8 Å². The van der Waals surface area contributed by atoms with Crippen molar-refractivity contribution in [1.29, 1.82) is 0 Å². The summed E-state index contributed by atoms with van der Waals surface area (Å²) >= 11 is 3.06. The summed E-state index contributed by atoms with van der Waals surface area (Å²) < 4.78 is 50.7. The Kier molecular flexibility index (Phi) is 8.31. The summed E-state index contributed by atoms with van der Waals surface area (Å²) in [5, 5.41) is 11.8. The van der Waals surface area contributed by atoms with Crippen LogP contribution in [0.5, 0.6) is 0 Å². The highest BCUT2D eigenvalue weighted by Crippen LogP contribution is 2.44. The highest BCUT2D eigenvalue weighted by Gasteiger charge is 2.62. The maximum Gasteiger partial charge on any atom is 0.509 e. The molecule has 3 rings (SSSR count). The molecule has 3 atom stereocenters. The van der Waals surface area contributed by atoms with Gasteiger partial charge in [0.25, 0.3) is 0 Å².